The third-order valence-corrected chi connectivity index (χ3v) is 4.91. The summed E-state index contributed by atoms with van der Waals surface area (Å²) in [6.45, 7) is 18.2. The summed E-state index contributed by atoms with van der Waals surface area (Å²) in [5.74, 6) is 5.17. The van der Waals surface area contributed by atoms with Gasteiger partial charge in [-0.3, -0.25) is 0 Å². The molecule has 0 aliphatic heterocycles. The van der Waals surface area contributed by atoms with Crippen LogP contribution in [0.4, 0.5) is 0 Å². The summed E-state index contributed by atoms with van der Waals surface area (Å²) in [6, 6.07) is 0. The molecule has 0 aromatic heterocycles. The minimum Gasteiger partial charge on any atom is -0.0999 e. The van der Waals surface area contributed by atoms with Crippen LogP contribution in [0.1, 0.15) is 41.5 Å². The van der Waals surface area contributed by atoms with Gasteiger partial charge in [0.1, 0.15) is 0 Å². The zero-order valence-electron chi connectivity index (χ0n) is 10.7. The molecule has 1 rings (SSSR count). The molecule has 0 aromatic carbocycles. The summed E-state index contributed by atoms with van der Waals surface area (Å²) in [6.07, 6.45) is 0. The van der Waals surface area contributed by atoms with E-state index in [1.165, 1.54) is 5.57 Å². The number of hydrogen-bond acceptors (Lipinski definition) is 0. The Kier molecular flexibility index (Phi) is 3.44. The molecule has 0 amide bonds. The molecule has 0 heteroatoms. The fraction of sp³-hybridized carbons (Fsp3) is 0.857. The maximum Gasteiger partial charge on any atom is -0.0209 e. The highest BCUT2D eigenvalue weighted by Crippen LogP contribution is 2.53. The van der Waals surface area contributed by atoms with Crippen molar-refractivity contribution < 1.29 is 0 Å². The molecule has 1 aliphatic carbocycles. The highest BCUT2D eigenvalue weighted by Gasteiger charge is 2.47. The van der Waals surface area contributed by atoms with E-state index in [1.54, 1.807) is 0 Å². The van der Waals surface area contributed by atoms with Crippen LogP contribution in [0.25, 0.3) is 0 Å². The molecule has 0 spiro atoms. The third-order valence-electron chi connectivity index (χ3n) is 4.91. The molecule has 0 saturated heterocycles. The Balaban J connectivity index is 2.53. The lowest BCUT2D eigenvalue weighted by Crippen LogP contribution is -2.19. The zero-order valence-corrected chi connectivity index (χ0v) is 10.7. The van der Waals surface area contributed by atoms with Crippen molar-refractivity contribution in [2.24, 2.45) is 35.5 Å². The molecule has 5 unspecified atom stereocenters. The van der Waals surface area contributed by atoms with Crippen LogP contribution in [-0.2, 0) is 0 Å². The fourth-order valence-electron chi connectivity index (χ4n) is 2.91. The van der Waals surface area contributed by atoms with Gasteiger partial charge in [-0.25, -0.2) is 0 Å². The zero-order chi connectivity index (χ0) is 11.0. The van der Waals surface area contributed by atoms with Gasteiger partial charge in [0.25, 0.3) is 0 Å². The van der Waals surface area contributed by atoms with Crippen molar-refractivity contribution in [1.29, 1.82) is 0 Å². The second-order valence-corrected chi connectivity index (χ2v) is 5.65. The predicted molar refractivity (Wildman–Crippen MR) is 64.1 cm³/mol. The Morgan fingerprint density at radius 3 is 1.79 bits per heavy atom. The summed E-state index contributed by atoms with van der Waals surface area (Å²) in [5.41, 5.74) is 1.34. The first-order valence-electron chi connectivity index (χ1n) is 6.03. The van der Waals surface area contributed by atoms with Gasteiger partial charge in [-0.05, 0) is 42.4 Å². The molecule has 1 aliphatic rings. The van der Waals surface area contributed by atoms with Crippen LogP contribution in [0.2, 0.25) is 0 Å². The highest BCUT2D eigenvalue weighted by molar-refractivity contribution is 5.01. The van der Waals surface area contributed by atoms with Gasteiger partial charge in [0, 0.05) is 0 Å². The van der Waals surface area contributed by atoms with E-state index in [9.17, 15) is 0 Å². The molecule has 0 aromatic rings. The van der Waals surface area contributed by atoms with Crippen LogP contribution >= 0.6 is 0 Å². The van der Waals surface area contributed by atoms with Crippen molar-refractivity contribution in [2.75, 3.05) is 0 Å². The first kappa shape index (κ1) is 11.8. The van der Waals surface area contributed by atoms with Gasteiger partial charge in [0.15, 0.2) is 0 Å². The quantitative estimate of drug-likeness (QED) is 0.583. The smallest absolute Gasteiger partial charge is 0.0209 e. The van der Waals surface area contributed by atoms with Crippen molar-refractivity contribution in [2.45, 2.75) is 41.5 Å². The minimum absolute atomic E-state index is 0.671. The number of allylic oxidation sites excluding steroid dienone is 1. The molecule has 1 fully saturated rings. The second kappa shape index (κ2) is 4.08. The van der Waals surface area contributed by atoms with Crippen molar-refractivity contribution in [1.82, 2.24) is 0 Å². The summed E-state index contributed by atoms with van der Waals surface area (Å²) >= 11 is 0. The maximum atomic E-state index is 4.08. The van der Waals surface area contributed by atoms with Crippen LogP contribution in [0, 0.1) is 35.5 Å². The minimum atomic E-state index is 0.671. The Morgan fingerprint density at radius 1 is 1.07 bits per heavy atom. The Morgan fingerprint density at radius 2 is 1.50 bits per heavy atom. The van der Waals surface area contributed by atoms with Gasteiger partial charge in [-0.1, -0.05) is 46.8 Å². The first-order valence-corrected chi connectivity index (χ1v) is 6.03. The fourth-order valence-corrected chi connectivity index (χ4v) is 2.91. The van der Waals surface area contributed by atoms with E-state index in [0.717, 1.165) is 29.6 Å². The lowest BCUT2D eigenvalue weighted by Gasteiger charge is -2.27. The third kappa shape index (κ3) is 2.04. The van der Waals surface area contributed by atoms with E-state index in [4.69, 9.17) is 0 Å². The highest BCUT2D eigenvalue weighted by atomic mass is 14.5. The SMILES string of the molecule is C=C(C)C(C)C(C)C(C)C1C(C)C1C. The summed E-state index contributed by atoms with van der Waals surface area (Å²) < 4.78 is 0. The van der Waals surface area contributed by atoms with Gasteiger partial charge in [-0.2, -0.15) is 0 Å². The lowest BCUT2D eigenvalue weighted by atomic mass is 9.78. The summed E-state index contributed by atoms with van der Waals surface area (Å²) in [7, 11) is 0. The topological polar surface area (TPSA) is 0 Å². The molecule has 0 nitrogen and oxygen atoms in total. The van der Waals surface area contributed by atoms with E-state index in [1.807, 2.05) is 0 Å². The molecule has 1 saturated carbocycles. The summed E-state index contributed by atoms with van der Waals surface area (Å²) in [5, 5.41) is 0. The Bertz CT molecular complexity index is 208. The second-order valence-electron chi connectivity index (χ2n) is 5.65. The van der Waals surface area contributed by atoms with Crippen LogP contribution in [0.3, 0.4) is 0 Å². The Labute approximate surface area is 89.8 Å². The number of rotatable bonds is 4. The van der Waals surface area contributed by atoms with Crippen LogP contribution in [0.5, 0.6) is 0 Å². The average molecular weight is 194 g/mol. The molecule has 0 radical (unpaired) electrons. The van der Waals surface area contributed by atoms with E-state index in [0.29, 0.717) is 5.92 Å². The predicted octanol–water partition coefficient (Wildman–Crippen LogP) is 4.37. The molecule has 14 heavy (non-hydrogen) atoms. The van der Waals surface area contributed by atoms with Crippen molar-refractivity contribution in [3.05, 3.63) is 12.2 Å². The van der Waals surface area contributed by atoms with E-state index in [-0.39, 0.29) is 0 Å². The van der Waals surface area contributed by atoms with Gasteiger partial charge >= 0.3 is 0 Å². The first-order chi connectivity index (χ1) is 6.37. The van der Waals surface area contributed by atoms with Crippen LogP contribution in [0.15, 0.2) is 12.2 Å². The van der Waals surface area contributed by atoms with Crippen molar-refractivity contribution in [3.63, 3.8) is 0 Å². The summed E-state index contributed by atoms with van der Waals surface area (Å²) in [4.78, 5) is 0. The van der Waals surface area contributed by atoms with E-state index < -0.39 is 0 Å². The molecular weight excluding hydrogens is 168 g/mol. The monoisotopic (exact) mass is 194 g/mol. The van der Waals surface area contributed by atoms with Gasteiger partial charge < -0.3 is 0 Å². The van der Waals surface area contributed by atoms with E-state index in [2.05, 4.69) is 48.1 Å². The van der Waals surface area contributed by atoms with Crippen molar-refractivity contribution in [3.8, 4) is 0 Å². The van der Waals surface area contributed by atoms with E-state index >= 15 is 0 Å². The van der Waals surface area contributed by atoms with Gasteiger partial charge in [0.05, 0.1) is 0 Å². The molecule has 5 atom stereocenters. The van der Waals surface area contributed by atoms with Gasteiger partial charge in [-0.15, -0.1) is 0 Å². The van der Waals surface area contributed by atoms with Crippen LogP contribution < -0.4 is 0 Å². The number of hydrogen-bond donors (Lipinski definition) is 0. The largest absolute Gasteiger partial charge is 0.0999 e. The molecule has 0 N–H and O–H groups in total. The van der Waals surface area contributed by atoms with Crippen molar-refractivity contribution >= 4 is 0 Å². The Hall–Kier alpha value is -0.260. The normalized spacial score (nSPS) is 37.4. The van der Waals surface area contributed by atoms with Crippen LogP contribution in [-0.4, -0.2) is 0 Å². The van der Waals surface area contributed by atoms with Gasteiger partial charge in [0.2, 0.25) is 0 Å². The molecule has 82 valence electrons. The molecule has 0 bridgehead atoms. The lowest BCUT2D eigenvalue weighted by molar-refractivity contribution is 0.266. The average Bonchev–Trinajstić information content (AvgIpc) is 2.71. The molecule has 0 heterocycles. The standard InChI is InChI=1S/C14H26/c1-8(2)9(3)10(4)11(5)14-12(6)13(14)7/h9-14H,1H2,2-7H3. The molecular formula is C14H26. The maximum absolute atomic E-state index is 4.08.